The molecule has 1 aromatic heterocycles. The molecule has 1 aromatic carbocycles. The molecule has 0 saturated carbocycles. The molecule has 4 heteroatoms. The van der Waals surface area contributed by atoms with Gasteiger partial charge in [0.15, 0.2) is 17.3 Å². The van der Waals surface area contributed by atoms with Gasteiger partial charge in [-0.3, -0.25) is 4.79 Å². The Bertz CT molecular complexity index is 698. The Balaban J connectivity index is 2.13. The lowest BCUT2D eigenvalue weighted by Crippen LogP contribution is -1.96. The number of carbonyl (C=O) groups is 1. The molecule has 0 bridgehead atoms. The van der Waals surface area contributed by atoms with E-state index < -0.39 is 0 Å². The van der Waals surface area contributed by atoms with Crippen LogP contribution in [0.25, 0.3) is 6.08 Å². The Labute approximate surface area is 134 Å². The summed E-state index contributed by atoms with van der Waals surface area (Å²) in [5.74, 6) is 1.28. The third-order valence-electron chi connectivity index (χ3n) is 2.95. The van der Waals surface area contributed by atoms with Gasteiger partial charge in [-0.2, -0.15) is 0 Å². The van der Waals surface area contributed by atoms with Gasteiger partial charge in [-0.1, -0.05) is 24.8 Å². The third-order valence-corrected chi connectivity index (χ3v) is 3.97. The Morgan fingerprint density at radius 2 is 2.09 bits per heavy atom. The molecule has 0 N–H and O–H groups in total. The number of methoxy groups -OCH3 is 1. The Kier molecular flexibility index (Phi) is 5.55. The molecule has 0 amide bonds. The largest absolute Gasteiger partial charge is 0.493 e. The van der Waals surface area contributed by atoms with Crippen LogP contribution in [0.4, 0.5) is 0 Å². The molecule has 0 aliphatic heterocycles. The summed E-state index contributed by atoms with van der Waals surface area (Å²) in [6.07, 6.45) is 5.02. The maximum absolute atomic E-state index is 12.1. The fourth-order valence-electron chi connectivity index (χ4n) is 1.88. The number of rotatable bonds is 7. The van der Waals surface area contributed by atoms with Crippen molar-refractivity contribution in [3.05, 3.63) is 64.4 Å². The van der Waals surface area contributed by atoms with Crippen LogP contribution in [-0.4, -0.2) is 19.5 Å². The number of aryl methyl sites for hydroxylation is 1. The molecular weight excluding hydrogens is 296 g/mol. The molecule has 2 aromatic rings. The zero-order valence-electron chi connectivity index (χ0n) is 12.7. The van der Waals surface area contributed by atoms with Crippen molar-refractivity contribution in [2.24, 2.45) is 0 Å². The normalized spacial score (nSPS) is 10.6. The molecule has 22 heavy (non-hydrogen) atoms. The highest BCUT2D eigenvalue weighted by Gasteiger charge is 2.06. The second kappa shape index (κ2) is 7.61. The lowest BCUT2D eigenvalue weighted by molar-refractivity contribution is 0.105. The van der Waals surface area contributed by atoms with Gasteiger partial charge >= 0.3 is 0 Å². The van der Waals surface area contributed by atoms with Gasteiger partial charge in [0, 0.05) is 4.88 Å². The molecule has 0 spiro atoms. The highest BCUT2D eigenvalue weighted by atomic mass is 32.1. The highest BCUT2D eigenvalue weighted by Crippen LogP contribution is 2.28. The summed E-state index contributed by atoms with van der Waals surface area (Å²) in [6.45, 7) is 6.02. The van der Waals surface area contributed by atoms with Gasteiger partial charge in [-0.05, 0) is 42.8 Å². The zero-order chi connectivity index (χ0) is 15.9. The van der Waals surface area contributed by atoms with E-state index in [0.29, 0.717) is 18.1 Å². The smallest absolute Gasteiger partial charge is 0.195 e. The third kappa shape index (κ3) is 4.09. The van der Waals surface area contributed by atoms with E-state index in [4.69, 9.17) is 9.47 Å². The van der Waals surface area contributed by atoms with Gasteiger partial charge in [0.25, 0.3) is 0 Å². The minimum atomic E-state index is 0.00375. The molecule has 0 aliphatic rings. The summed E-state index contributed by atoms with van der Waals surface area (Å²) in [7, 11) is 1.59. The molecule has 0 fully saturated rings. The highest BCUT2D eigenvalue weighted by molar-refractivity contribution is 7.14. The average molecular weight is 314 g/mol. The van der Waals surface area contributed by atoms with Crippen LogP contribution in [0.15, 0.2) is 49.1 Å². The maximum Gasteiger partial charge on any atom is 0.195 e. The molecular formula is C18H18O3S. The summed E-state index contributed by atoms with van der Waals surface area (Å²) >= 11 is 1.50. The standard InChI is InChI=1S/C18H18O3S/c1-4-11-21-16-9-7-14(12-17(16)20-3)6-8-15(19)18-10-5-13(2)22-18/h4-10,12H,1,11H2,2-3H3/b8-6+. The summed E-state index contributed by atoms with van der Waals surface area (Å²) in [5.41, 5.74) is 0.879. The van der Waals surface area contributed by atoms with E-state index in [-0.39, 0.29) is 5.78 Å². The van der Waals surface area contributed by atoms with Crippen molar-refractivity contribution in [2.45, 2.75) is 6.92 Å². The lowest BCUT2D eigenvalue weighted by atomic mass is 10.1. The lowest BCUT2D eigenvalue weighted by Gasteiger charge is -2.09. The second-order valence-corrected chi connectivity index (χ2v) is 5.91. The minimum Gasteiger partial charge on any atom is -0.493 e. The van der Waals surface area contributed by atoms with Crippen molar-refractivity contribution in [1.29, 1.82) is 0 Å². The van der Waals surface area contributed by atoms with Crippen molar-refractivity contribution >= 4 is 23.2 Å². The Morgan fingerprint density at radius 1 is 1.27 bits per heavy atom. The molecule has 0 saturated heterocycles. The van der Waals surface area contributed by atoms with E-state index in [0.717, 1.165) is 15.3 Å². The van der Waals surface area contributed by atoms with E-state index in [1.165, 1.54) is 11.3 Å². The Hall–Kier alpha value is -2.33. The number of ketones is 1. The van der Waals surface area contributed by atoms with Gasteiger partial charge in [0.05, 0.1) is 12.0 Å². The summed E-state index contributed by atoms with van der Waals surface area (Å²) < 4.78 is 10.8. The predicted molar refractivity (Wildman–Crippen MR) is 91.1 cm³/mol. The van der Waals surface area contributed by atoms with Crippen LogP contribution in [0.2, 0.25) is 0 Å². The van der Waals surface area contributed by atoms with Gasteiger partial charge < -0.3 is 9.47 Å². The fourth-order valence-corrected chi connectivity index (χ4v) is 2.66. The maximum atomic E-state index is 12.1. The molecule has 114 valence electrons. The van der Waals surface area contributed by atoms with Crippen LogP contribution < -0.4 is 9.47 Å². The average Bonchev–Trinajstić information content (AvgIpc) is 2.97. The molecule has 2 rings (SSSR count). The summed E-state index contributed by atoms with van der Waals surface area (Å²) in [5, 5.41) is 0. The fraction of sp³-hybridized carbons (Fsp3) is 0.167. The molecule has 0 unspecified atom stereocenters. The first-order valence-electron chi connectivity index (χ1n) is 6.84. The van der Waals surface area contributed by atoms with Gasteiger partial charge in [0.2, 0.25) is 0 Å². The van der Waals surface area contributed by atoms with Crippen molar-refractivity contribution in [2.75, 3.05) is 13.7 Å². The van der Waals surface area contributed by atoms with Gasteiger partial charge in [-0.25, -0.2) is 0 Å². The van der Waals surface area contributed by atoms with E-state index in [2.05, 4.69) is 6.58 Å². The second-order valence-electron chi connectivity index (χ2n) is 4.62. The Morgan fingerprint density at radius 3 is 2.73 bits per heavy atom. The molecule has 0 aliphatic carbocycles. The van der Waals surface area contributed by atoms with Crippen molar-refractivity contribution in [3.63, 3.8) is 0 Å². The van der Waals surface area contributed by atoms with Crippen LogP contribution in [0.5, 0.6) is 11.5 Å². The van der Waals surface area contributed by atoms with Crippen LogP contribution in [0.1, 0.15) is 20.1 Å². The van der Waals surface area contributed by atoms with E-state index in [1.807, 2.05) is 37.3 Å². The summed E-state index contributed by atoms with van der Waals surface area (Å²) in [6, 6.07) is 9.33. The van der Waals surface area contributed by atoms with Crippen molar-refractivity contribution in [3.8, 4) is 11.5 Å². The number of hydrogen-bond acceptors (Lipinski definition) is 4. The number of allylic oxidation sites excluding steroid dienone is 1. The minimum absolute atomic E-state index is 0.00375. The van der Waals surface area contributed by atoms with Gasteiger partial charge in [0.1, 0.15) is 6.61 Å². The number of carbonyl (C=O) groups excluding carboxylic acids is 1. The van der Waals surface area contributed by atoms with E-state index in [9.17, 15) is 4.79 Å². The van der Waals surface area contributed by atoms with Crippen molar-refractivity contribution in [1.82, 2.24) is 0 Å². The quantitative estimate of drug-likeness (QED) is 0.428. The van der Waals surface area contributed by atoms with Gasteiger partial charge in [-0.15, -0.1) is 11.3 Å². The van der Waals surface area contributed by atoms with E-state index >= 15 is 0 Å². The number of thiophene rings is 1. The van der Waals surface area contributed by atoms with Crippen LogP contribution in [-0.2, 0) is 0 Å². The van der Waals surface area contributed by atoms with Crippen molar-refractivity contribution < 1.29 is 14.3 Å². The number of benzene rings is 1. The first-order valence-corrected chi connectivity index (χ1v) is 7.66. The molecule has 1 heterocycles. The monoisotopic (exact) mass is 314 g/mol. The van der Waals surface area contributed by atoms with E-state index in [1.54, 1.807) is 25.3 Å². The molecule has 0 atom stereocenters. The molecule has 0 radical (unpaired) electrons. The van der Waals surface area contributed by atoms with Crippen LogP contribution >= 0.6 is 11.3 Å². The topological polar surface area (TPSA) is 35.5 Å². The molecule has 3 nitrogen and oxygen atoms in total. The summed E-state index contributed by atoms with van der Waals surface area (Å²) in [4.78, 5) is 13.9. The zero-order valence-corrected chi connectivity index (χ0v) is 13.5. The van der Waals surface area contributed by atoms with Crippen LogP contribution in [0, 0.1) is 6.92 Å². The SMILES string of the molecule is C=CCOc1ccc(/C=C/C(=O)c2ccc(C)s2)cc1OC. The number of ether oxygens (including phenoxy) is 2. The predicted octanol–water partition coefficient (Wildman–Crippen LogP) is 4.53. The van der Waals surface area contributed by atoms with Crippen LogP contribution in [0.3, 0.4) is 0 Å². The first kappa shape index (κ1) is 16.0. The first-order chi connectivity index (χ1) is 10.6. The number of hydrogen-bond donors (Lipinski definition) is 0.